The fraction of sp³-hybridized carbons (Fsp3) is 0.269. The summed E-state index contributed by atoms with van der Waals surface area (Å²) in [6, 6.07) is 15.6. The lowest BCUT2D eigenvalue weighted by atomic mass is 10.1. The van der Waals surface area contributed by atoms with E-state index in [1.807, 2.05) is 71.1 Å². The van der Waals surface area contributed by atoms with Crippen molar-refractivity contribution in [1.82, 2.24) is 14.4 Å². The highest BCUT2D eigenvalue weighted by Crippen LogP contribution is 2.35. The highest BCUT2D eigenvalue weighted by atomic mass is 32.2. The molecule has 0 bridgehead atoms. The predicted octanol–water partition coefficient (Wildman–Crippen LogP) is 4.05. The Morgan fingerprint density at radius 3 is 2.56 bits per heavy atom. The van der Waals surface area contributed by atoms with Crippen LogP contribution in [0.3, 0.4) is 0 Å². The molecule has 174 valence electrons. The molecule has 3 amide bonds. The van der Waals surface area contributed by atoms with Crippen molar-refractivity contribution >= 4 is 45.8 Å². The standard InChI is InChI=1S/C26H25N3O4S/c1-18-6-8-19(9-7-18)15-29-25(31)23(34-26(29)32)14-20-16-28(22-5-3-2-4-21(20)22)17-24(30)27-10-12-33-13-11-27/h2-9,14,16H,10-13,15,17H2,1H3/b23-14-. The van der Waals surface area contributed by atoms with Gasteiger partial charge in [-0.15, -0.1) is 0 Å². The molecule has 2 aliphatic heterocycles. The highest BCUT2D eigenvalue weighted by molar-refractivity contribution is 8.18. The van der Waals surface area contributed by atoms with Crippen LogP contribution in [0.2, 0.25) is 0 Å². The average Bonchev–Trinajstić information content (AvgIpc) is 3.33. The maximum absolute atomic E-state index is 13.1. The summed E-state index contributed by atoms with van der Waals surface area (Å²) >= 11 is 0.954. The zero-order valence-corrected chi connectivity index (χ0v) is 19.7. The second-order valence-corrected chi connectivity index (χ2v) is 9.47. The maximum atomic E-state index is 13.1. The Bertz CT molecular complexity index is 1290. The van der Waals surface area contributed by atoms with Crippen molar-refractivity contribution in [2.45, 2.75) is 20.0 Å². The average molecular weight is 476 g/mol. The van der Waals surface area contributed by atoms with E-state index in [-0.39, 0.29) is 30.1 Å². The quantitative estimate of drug-likeness (QED) is 0.521. The van der Waals surface area contributed by atoms with Gasteiger partial charge in [-0.25, -0.2) is 0 Å². The first-order valence-corrected chi connectivity index (χ1v) is 12.1. The van der Waals surface area contributed by atoms with Crippen LogP contribution in [0.1, 0.15) is 16.7 Å². The van der Waals surface area contributed by atoms with Gasteiger partial charge >= 0.3 is 0 Å². The molecule has 3 heterocycles. The molecular weight excluding hydrogens is 450 g/mol. The first-order valence-electron chi connectivity index (χ1n) is 11.2. The molecule has 2 aromatic carbocycles. The number of ether oxygens (including phenoxy) is 1. The Morgan fingerprint density at radius 1 is 1.06 bits per heavy atom. The summed E-state index contributed by atoms with van der Waals surface area (Å²) in [4.78, 5) is 42.0. The summed E-state index contributed by atoms with van der Waals surface area (Å²) in [6.45, 7) is 4.76. The number of rotatable bonds is 5. The number of carbonyl (C=O) groups excluding carboxylic acids is 3. The monoisotopic (exact) mass is 475 g/mol. The van der Waals surface area contributed by atoms with E-state index in [1.54, 1.807) is 6.08 Å². The molecule has 34 heavy (non-hydrogen) atoms. The van der Waals surface area contributed by atoms with Gasteiger partial charge in [0, 0.05) is 35.8 Å². The fourth-order valence-corrected chi connectivity index (χ4v) is 5.06. The normalized spacial score (nSPS) is 17.9. The first-order chi connectivity index (χ1) is 16.5. The molecular formula is C26H25N3O4S. The number of nitrogens with zero attached hydrogens (tertiary/aromatic N) is 3. The van der Waals surface area contributed by atoms with Gasteiger partial charge in [-0.2, -0.15) is 0 Å². The zero-order chi connectivity index (χ0) is 23.7. The Labute approximate surface area is 202 Å². The van der Waals surface area contributed by atoms with Gasteiger partial charge in [-0.05, 0) is 36.4 Å². The van der Waals surface area contributed by atoms with Gasteiger partial charge in [-0.1, -0.05) is 48.0 Å². The number of aromatic nitrogens is 1. The molecule has 7 nitrogen and oxygen atoms in total. The van der Waals surface area contributed by atoms with Crippen LogP contribution in [0.25, 0.3) is 17.0 Å². The van der Waals surface area contributed by atoms with Gasteiger partial charge in [0.15, 0.2) is 0 Å². The van der Waals surface area contributed by atoms with Crippen molar-refractivity contribution < 1.29 is 19.1 Å². The minimum Gasteiger partial charge on any atom is -0.378 e. The summed E-state index contributed by atoms with van der Waals surface area (Å²) in [5.41, 5.74) is 3.76. The van der Waals surface area contributed by atoms with Gasteiger partial charge in [0.1, 0.15) is 6.54 Å². The second kappa shape index (κ2) is 9.48. The second-order valence-electron chi connectivity index (χ2n) is 8.48. The van der Waals surface area contributed by atoms with Crippen molar-refractivity contribution in [1.29, 1.82) is 0 Å². The molecule has 5 rings (SSSR count). The van der Waals surface area contributed by atoms with Crippen molar-refractivity contribution in [2.24, 2.45) is 0 Å². The molecule has 0 radical (unpaired) electrons. The fourth-order valence-electron chi connectivity index (χ4n) is 4.23. The van der Waals surface area contributed by atoms with Gasteiger partial charge in [-0.3, -0.25) is 19.3 Å². The lowest BCUT2D eigenvalue weighted by molar-refractivity contribution is -0.135. The van der Waals surface area contributed by atoms with Crippen LogP contribution in [-0.2, 0) is 27.4 Å². The lowest BCUT2D eigenvalue weighted by Crippen LogP contribution is -2.42. The maximum Gasteiger partial charge on any atom is 0.293 e. The SMILES string of the molecule is Cc1ccc(CN2C(=O)S/C(=C\c3cn(CC(=O)N4CCOCC4)c4ccccc34)C2=O)cc1. The molecule has 8 heteroatoms. The molecule has 0 N–H and O–H groups in total. The lowest BCUT2D eigenvalue weighted by Gasteiger charge is -2.27. The van der Waals surface area contributed by atoms with Crippen LogP contribution >= 0.6 is 11.8 Å². The Kier molecular flexibility index (Phi) is 6.26. The van der Waals surface area contributed by atoms with E-state index in [1.165, 1.54) is 4.90 Å². The molecule has 2 aliphatic rings. The summed E-state index contributed by atoms with van der Waals surface area (Å²) in [5, 5.41) is 0.658. The molecule has 3 aromatic rings. The Morgan fingerprint density at radius 2 is 1.79 bits per heavy atom. The largest absolute Gasteiger partial charge is 0.378 e. The summed E-state index contributed by atoms with van der Waals surface area (Å²) in [7, 11) is 0. The molecule has 0 aliphatic carbocycles. The highest BCUT2D eigenvalue weighted by Gasteiger charge is 2.35. The number of thioether (sulfide) groups is 1. The van der Waals surface area contributed by atoms with Gasteiger partial charge in [0.2, 0.25) is 5.91 Å². The number of fused-ring (bicyclic) bond motifs is 1. The topological polar surface area (TPSA) is 71.8 Å². The smallest absolute Gasteiger partial charge is 0.293 e. The van der Waals surface area contributed by atoms with E-state index in [0.29, 0.717) is 31.2 Å². The van der Waals surface area contributed by atoms with Gasteiger partial charge in [0.25, 0.3) is 11.1 Å². The van der Waals surface area contributed by atoms with E-state index in [9.17, 15) is 14.4 Å². The number of benzene rings is 2. The molecule has 2 fully saturated rings. The van der Waals surface area contributed by atoms with Crippen LogP contribution < -0.4 is 0 Å². The van der Waals surface area contributed by atoms with Crippen LogP contribution in [0, 0.1) is 6.92 Å². The minimum absolute atomic E-state index is 0.0361. The number of carbonyl (C=O) groups is 3. The van der Waals surface area contributed by atoms with Crippen molar-refractivity contribution in [2.75, 3.05) is 26.3 Å². The molecule has 0 saturated carbocycles. The molecule has 0 unspecified atom stereocenters. The molecule has 1 aromatic heterocycles. The molecule has 0 spiro atoms. The number of morpholine rings is 1. The van der Waals surface area contributed by atoms with E-state index >= 15 is 0 Å². The van der Waals surface area contributed by atoms with E-state index in [4.69, 9.17) is 4.74 Å². The van der Waals surface area contributed by atoms with E-state index < -0.39 is 0 Å². The van der Waals surface area contributed by atoms with Gasteiger partial charge in [0.05, 0.1) is 24.7 Å². The Balaban J connectivity index is 1.40. The van der Waals surface area contributed by atoms with Crippen molar-refractivity contribution in [3.63, 3.8) is 0 Å². The summed E-state index contributed by atoms with van der Waals surface area (Å²) in [6.07, 6.45) is 3.65. The predicted molar refractivity (Wildman–Crippen MR) is 132 cm³/mol. The van der Waals surface area contributed by atoms with Crippen LogP contribution in [0.4, 0.5) is 4.79 Å². The Hall–Kier alpha value is -3.36. The number of hydrogen-bond acceptors (Lipinski definition) is 5. The molecule has 0 atom stereocenters. The zero-order valence-electron chi connectivity index (χ0n) is 18.9. The summed E-state index contributed by atoms with van der Waals surface area (Å²) in [5.74, 6) is -0.258. The van der Waals surface area contributed by atoms with E-state index in [0.717, 1.165) is 39.4 Å². The number of hydrogen-bond donors (Lipinski definition) is 0. The number of amides is 3. The third kappa shape index (κ3) is 4.51. The van der Waals surface area contributed by atoms with Crippen LogP contribution in [0.15, 0.2) is 59.6 Å². The van der Waals surface area contributed by atoms with Gasteiger partial charge < -0.3 is 14.2 Å². The summed E-state index contributed by atoms with van der Waals surface area (Å²) < 4.78 is 7.26. The molecule has 2 saturated heterocycles. The third-order valence-corrected chi connectivity index (χ3v) is 7.02. The first kappa shape index (κ1) is 22.4. The number of aryl methyl sites for hydroxylation is 1. The van der Waals surface area contributed by atoms with Crippen molar-refractivity contribution in [3.05, 3.63) is 76.3 Å². The van der Waals surface area contributed by atoms with Crippen LogP contribution in [0.5, 0.6) is 0 Å². The van der Waals surface area contributed by atoms with Crippen LogP contribution in [-0.4, -0.2) is 57.7 Å². The minimum atomic E-state index is -0.295. The number of imide groups is 1. The van der Waals surface area contributed by atoms with E-state index in [2.05, 4.69) is 0 Å². The third-order valence-electron chi connectivity index (χ3n) is 6.11. The van der Waals surface area contributed by atoms with Crippen molar-refractivity contribution in [3.8, 4) is 0 Å². The number of para-hydroxylation sites is 1.